The second-order valence-electron chi connectivity index (χ2n) is 5.10. The number of hydrogen-bond acceptors (Lipinski definition) is 4. The highest BCUT2D eigenvalue weighted by molar-refractivity contribution is 5.87. The number of ether oxygens (including phenoxy) is 2. The molecule has 1 aromatic carbocycles. The van der Waals surface area contributed by atoms with Gasteiger partial charge in [-0.25, -0.2) is 4.79 Å². The third kappa shape index (κ3) is 5.11. The summed E-state index contributed by atoms with van der Waals surface area (Å²) in [6, 6.07) is 5.28. The van der Waals surface area contributed by atoms with Gasteiger partial charge in [-0.05, 0) is 32.9 Å². The lowest BCUT2D eigenvalue weighted by atomic mass is 10.2. The number of hydrogen-bond donors (Lipinski definition) is 2. The Kier molecular flexibility index (Phi) is 5.27. The Morgan fingerprint density at radius 2 is 2.10 bits per heavy atom. The van der Waals surface area contributed by atoms with Gasteiger partial charge < -0.3 is 14.8 Å². The minimum absolute atomic E-state index is 0.419. The predicted octanol–water partition coefficient (Wildman–Crippen LogP) is 3.09. The molecular formula is C15H20N2O3. The highest BCUT2D eigenvalue weighted by atomic mass is 16.6. The number of amides is 1. The summed E-state index contributed by atoms with van der Waals surface area (Å²) < 4.78 is 10.4. The molecule has 0 saturated carbocycles. The van der Waals surface area contributed by atoms with E-state index in [1.807, 2.05) is 0 Å². The summed E-state index contributed by atoms with van der Waals surface area (Å²) in [4.78, 5) is 11.7. The van der Waals surface area contributed by atoms with Crippen LogP contribution in [-0.4, -0.2) is 25.3 Å². The molecule has 0 atom stereocenters. The second kappa shape index (κ2) is 6.71. The zero-order valence-electron chi connectivity index (χ0n) is 12.2. The van der Waals surface area contributed by atoms with E-state index in [4.69, 9.17) is 15.9 Å². The molecule has 1 rings (SSSR count). The number of carbonyl (C=O) groups is 1. The summed E-state index contributed by atoms with van der Waals surface area (Å²) in [5.74, 6) is 3.01. The van der Waals surface area contributed by atoms with Crippen LogP contribution in [0.15, 0.2) is 18.2 Å². The van der Waals surface area contributed by atoms with E-state index in [0.29, 0.717) is 18.0 Å². The first kappa shape index (κ1) is 15.7. The molecule has 0 saturated heterocycles. The van der Waals surface area contributed by atoms with Gasteiger partial charge in [0.25, 0.3) is 0 Å². The second-order valence-corrected chi connectivity index (χ2v) is 5.10. The summed E-state index contributed by atoms with van der Waals surface area (Å²) in [5.41, 5.74) is 0.800. The molecule has 0 aromatic heterocycles. The van der Waals surface area contributed by atoms with E-state index in [1.54, 1.807) is 39.0 Å². The molecule has 20 heavy (non-hydrogen) atoms. The summed E-state index contributed by atoms with van der Waals surface area (Å²) in [5, 5.41) is 5.67. The van der Waals surface area contributed by atoms with E-state index in [0.717, 1.165) is 5.69 Å². The molecule has 5 heteroatoms. The number of carbonyl (C=O) groups excluding carboxylic acids is 1. The number of anilines is 2. The molecular weight excluding hydrogens is 256 g/mol. The smallest absolute Gasteiger partial charge is 0.412 e. The van der Waals surface area contributed by atoms with Crippen molar-refractivity contribution in [1.29, 1.82) is 0 Å². The zero-order chi connectivity index (χ0) is 15.2. The topological polar surface area (TPSA) is 59.6 Å². The first-order valence-electron chi connectivity index (χ1n) is 6.21. The molecule has 0 fully saturated rings. The van der Waals surface area contributed by atoms with Crippen LogP contribution in [0.2, 0.25) is 0 Å². The summed E-state index contributed by atoms with van der Waals surface area (Å²) in [6.07, 6.45) is 4.66. The summed E-state index contributed by atoms with van der Waals surface area (Å²) in [6.45, 7) is 5.83. The van der Waals surface area contributed by atoms with Crippen molar-refractivity contribution in [2.75, 3.05) is 24.3 Å². The molecule has 0 aliphatic rings. The van der Waals surface area contributed by atoms with Crippen molar-refractivity contribution in [2.24, 2.45) is 0 Å². The van der Waals surface area contributed by atoms with Crippen molar-refractivity contribution >= 4 is 17.5 Å². The monoisotopic (exact) mass is 276 g/mol. The first-order valence-corrected chi connectivity index (χ1v) is 6.21. The van der Waals surface area contributed by atoms with E-state index in [-0.39, 0.29) is 0 Å². The van der Waals surface area contributed by atoms with Crippen LogP contribution in [0.5, 0.6) is 5.75 Å². The van der Waals surface area contributed by atoms with Crippen molar-refractivity contribution in [3.8, 4) is 18.1 Å². The average molecular weight is 276 g/mol. The molecule has 0 aliphatic heterocycles. The molecule has 5 nitrogen and oxygen atoms in total. The normalized spacial score (nSPS) is 10.3. The number of methoxy groups -OCH3 is 1. The molecule has 2 N–H and O–H groups in total. The molecule has 0 aliphatic carbocycles. The average Bonchev–Trinajstić information content (AvgIpc) is 2.35. The quantitative estimate of drug-likeness (QED) is 0.830. The van der Waals surface area contributed by atoms with Crippen LogP contribution >= 0.6 is 0 Å². The van der Waals surface area contributed by atoms with Gasteiger partial charge >= 0.3 is 6.09 Å². The molecule has 1 aromatic rings. The van der Waals surface area contributed by atoms with Crippen LogP contribution in [-0.2, 0) is 4.74 Å². The van der Waals surface area contributed by atoms with E-state index < -0.39 is 11.7 Å². The fourth-order valence-corrected chi connectivity index (χ4v) is 1.47. The van der Waals surface area contributed by atoms with Crippen molar-refractivity contribution in [3.63, 3.8) is 0 Å². The number of benzene rings is 1. The van der Waals surface area contributed by atoms with Crippen molar-refractivity contribution < 1.29 is 14.3 Å². The molecule has 1 amide bonds. The van der Waals surface area contributed by atoms with Crippen LogP contribution in [0.1, 0.15) is 20.8 Å². The summed E-state index contributed by atoms with van der Waals surface area (Å²) in [7, 11) is 1.53. The Balaban J connectivity index is 2.80. The lowest BCUT2D eigenvalue weighted by molar-refractivity contribution is 0.0635. The Morgan fingerprint density at radius 3 is 2.65 bits per heavy atom. The van der Waals surface area contributed by atoms with Crippen LogP contribution in [0, 0.1) is 12.3 Å². The molecule has 0 radical (unpaired) electrons. The predicted molar refractivity (Wildman–Crippen MR) is 80.2 cm³/mol. The maximum atomic E-state index is 11.7. The fraction of sp³-hybridized carbons (Fsp3) is 0.400. The highest BCUT2D eigenvalue weighted by Crippen LogP contribution is 2.28. The molecule has 0 heterocycles. The van der Waals surface area contributed by atoms with E-state index in [2.05, 4.69) is 16.6 Å². The third-order valence-electron chi connectivity index (χ3n) is 2.23. The van der Waals surface area contributed by atoms with Gasteiger partial charge in [-0.3, -0.25) is 5.32 Å². The van der Waals surface area contributed by atoms with Gasteiger partial charge in [0.15, 0.2) is 0 Å². The summed E-state index contributed by atoms with van der Waals surface area (Å²) >= 11 is 0. The minimum Gasteiger partial charge on any atom is -0.494 e. The van der Waals surface area contributed by atoms with Crippen LogP contribution < -0.4 is 15.4 Å². The van der Waals surface area contributed by atoms with Crippen LogP contribution in [0.3, 0.4) is 0 Å². The Bertz CT molecular complexity index is 513. The van der Waals surface area contributed by atoms with Crippen molar-refractivity contribution in [1.82, 2.24) is 0 Å². The van der Waals surface area contributed by atoms with E-state index >= 15 is 0 Å². The van der Waals surface area contributed by atoms with Gasteiger partial charge in [0.05, 0.1) is 19.3 Å². The van der Waals surface area contributed by atoms with E-state index in [9.17, 15) is 4.79 Å². The van der Waals surface area contributed by atoms with Gasteiger partial charge in [0.2, 0.25) is 0 Å². The largest absolute Gasteiger partial charge is 0.494 e. The maximum Gasteiger partial charge on any atom is 0.412 e. The Hall–Kier alpha value is -2.35. The van der Waals surface area contributed by atoms with Gasteiger partial charge in [0, 0.05) is 11.8 Å². The van der Waals surface area contributed by atoms with Gasteiger partial charge in [-0.1, -0.05) is 5.92 Å². The van der Waals surface area contributed by atoms with Gasteiger partial charge in [0.1, 0.15) is 11.4 Å². The molecule has 108 valence electrons. The van der Waals surface area contributed by atoms with Crippen molar-refractivity contribution in [3.05, 3.63) is 18.2 Å². The third-order valence-corrected chi connectivity index (χ3v) is 2.23. The lowest BCUT2D eigenvalue weighted by Crippen LogP contribution is -2.27. The van der Waals surface area contributed by atoms with Crippen molar-refractivity contribution in [2.45, 2.75) is 26.4 Å². The van der Waals surface area contributed by atoms with Gasteiger partial charge in [-0.15, -0.1) is 6.42 Å². The SMILES string of the molecule is C#CCNc1ccc(NC(=O)OC(C)(C)C)c(OC)c1. The van der Waals surface area contributed by atoms with Crippen LogP contribution in [0.4, 0.5) is 16.2 Å². The first-order chi connectivity index (χ1) is 9.35. The number of nitrogens with one attached hydrogen (secondary N) is 2. The minimum atomic E-state index is -0.550. The Labute approximate surface area is 119 Å². The molecule has 0 unspecified atom stereocenters. The number of rotatable bonds is 4. The Morgan fingerprint density at radius 1 is 1.40 bits per heavy atom. The maximum absolute atomic E-state index is 11.7. The zero-order valence-corrected chi connectivity index (χ0v) is 12.2. The van der Waals surface area contributed by atoms with Crippen LogP contribution in [0.25, 0.3) is 0 Å². The van der Waals surface area contributed by atoms with Gasteiger partial charge in [-0.2, -0.15) is 0 Å². The van der Waals surface area contributed by atoms with E-state index in [1.165, 1.54) is 7.11 Å². The fourth-order valence-electron chi connectivity index (χ4n) is 1.47. The highest BCUT2D eigenvalue weighted by Gasteiger charge is 2.17. The standard InChI is InChI=1S/C15H20N2O3/c1-6-9-16-11-7-8-12(13(10-11)19-5)17-14(18)20-15(2,3)4/h1,7-8,10,16H,9H2,2-5H3,(H,17,18). The number of terminal acetylenes is 1. The lowest BCUT2D eigenvalue weighted by Gasteiger charge is -2.20. The molecule has 0 bridgehead atoms. The molecule has 0 spiro atoms.